The van der Waals surface area contributed by atoms with E-state index in [1.807, 2.05) is 23.3 Å². The van der Waals surface area contributed by atoms with Gasteiger partial charge in [-0.1, -0.05) is 0 Å². The molecule has 0 aliphatic rings. The summed E-state index contributed by atoms with van der Waals surface area (Å²) < 4.78 is 2.00. The number of carboxylic acid groups (broad SMARTS) is 1. The minimum Gasteiger partial charge on any atom is -0.481 e. The first-order valence-electron chi connectivity index (χ1n) is 4.02. The van der Waals surface area contributed by atoms with Gasteiger partial charge in [0.25, 0.3) is 0 Å². The van der Waals surface area contributed by atoms with Crippen LogP contribution in [-0.4, -0.2) is 16.1 Å². The van der Waals surface area contributed by atoms with E-state index in [0.717, 1.165) is 19.4 Å². The zero-order chi connectivity index (χ0) is 8.81. The van der Waals surface area contributed by atoms with Gasteiger partial charge in [0.2, 0.25) is 6.33 Å². The summed E-state index contributed by atoms with van der Waals surface area (Å²) in [6.45, 7) is 0.886. The highest BCUT2D eigenvalue weighted by Gasteiger charge is 1.99. The van der Waals surface area contributed by atoms with E-state index >= 15 is 0 Å². The third-order valence-electron chi connectivity index (χ3n) is 1.66. The standard InChI is InChI=1S/C8H12N2O2/c11-8(12)3-1-2-5-10-6-4-9-7-10/h4,6-7H,1-3,5H2,(H,11,12)/p+1. The summed E-state index contributed by atoms with van der Waals surface area (Å²) in [4.78, 5) is 13.1. The molecule has 4 heteroatoms. The van der Waals surface area contributed by atoms with Crippen LogP contribution < -0.4 is 4.57 Å². The number of aliphatic carboxylic acids is 1. The van der Waals surface area contributed by atoms with Gasteiger partial charge in [0.15, 0.2) is 0 Å². The van der Waals surface area contributed by atoms with Crippen LogP contribution in [-0.2, 0) is 11.3 Å². The van der Waals surface area contributed by atoms with Gasteiger partial charge in [0.05, 0.1) is 6.54 Å². The fourth-order valence-corrected chi connectivity index (χ4v) is 1.03. The molecular weight excluding hydrogens is 156 g/mol. The molecule has 0 spiro atoms. The normalized spacial score (nSPS) is 10.0. The number of aromatic amines is 1. The number of hydrogen-bond donors (Lipinski definition) is 2. The van der Waals surface area contributed by atoms with Crippen molar-refractivity contribution >= 4 is 5.97 Å². The van der Waals surface area contributed by atoms with Gasteiger partial charge in [-0.3, -0.25) is 9.78 Å². The highest BCUT2D eigenvalue weighted by Crippen LogP contribution is 1.94. The Kier molecular flexibility index (Phi) is 3.32. The van der Waals surface area contributed by atoms with Gasteiger partial charge in [0.1, 0.15) is 12.4 Å². The zero-order valence-electron chi connectivity index (χ0n) is 6.86. The van der Waals surface area contributed by atoms with Gasteiger partial charge in [0, 0.05) is 6.42 Å². The third kappa shape index (κ3) is 3.18. The minimum absolute atomic E-state index is 0.269. The molecule has 0 bridgehead atoms. The average molecular weight is 169 g/mol. The number of carboxylic acids is 1. The van der Waals surface area contributed by atoms with E-state index < -0.39 is 5.97 Å². The first kappa shape index (κ1) is 8.77. The summed E-state index contributed by atoms with van der Waals surface area (Å²) in [5.74, 6) is -0.714. The molecule has 0 aliphatic carbocycles. The van der Waals surface area contributed by atoms with E-state index in [9.17, 15) is 4.79 Å². The number of H-pyrrole nitrogens is 1. The first-order valence-corrected chi connectivity index (χ1v) is 4.02. The van der Waals surface area contributed by atoms with Crippen LogP contribution in [0.1, 0.15) is 19.3 Å². The Morgan fingerprint density at radius 1 is 1.50 bits per heavy atom. The van der Waals surface area contributed by atoms with E-state index in [4.69, 9.17) is 5.11 Å². The number of imidazole rings is 1. The molecule has 0 unspecified atom stereocenters. The van der Waals surface area contributed by atoms with Crippen LogP contribution in [0.2, 0.25) is 0 Å². The maximum atomic E-state index is 10.1. The van der Waals surface area contributed by atoms with Gasteiger partial charge in [-0.15, -0.1) is 0 Å². The molecule has 0 fully saturated rings. The molecule has 0 amide bonds. The van der Waals surface area contributed by atoms with E-state index in [2.05, 4.69) is 4.98 Å². The Morgan fingerprint density at radius 2 is 2.33 bits per heavy atom. The summed E-state index contributed by atoms with van der Waals surface area (Å²) in [7, 11) is 0. The second-order valence-corrected chi connectivity index (χ2v) is 2.70. The summed E-state index contributed by atoms with van der Waals surface area (Å²) in [5.41, 5.74) is 0. The van der Waals surface area contributed by atoms with Crippen molar-refractivity contribution in [1.82, 2.24) is 4.98 Å². The maximum Gasteiger partial charge on any atom is 0.303 e. The molecule has 1 rings (SSSR count). The molecule has 0 aromatic carbocycles. The molecule has 12 heavy (non-hydrogen) atoms. The number of aryl methyl sites for hydroxylation is 1. The number of nitrogens with one attached hydrogen (secondary N) is 1. The van der Waals surface area contributed by atoms with Crippen molar-refractivity contribution in [2.75, 3.05) is 0 Å². The van der Waals surface area contributed by atoms with Gasteiger partial charge in [-0.05, 0) is 12.8 Å². The number of hydrogen-bond acceptors (Lipinski definition) is 1. The lowest BCUT2D eigenvalue weighted by molar-refractivity contribution is -0.696. The quantitative estimate of drug-likeness (QED) is 0.499. The van der Waals surface area contributed by atoms with Crippen LogP contribution in [0.5, 0.6) is 0 Å². The van der Waals surface area contributed by atoms with Crippen LogP contribution in [0.3, 0.4) is 0 Å². The Balaban J connectivity index is 2.07. The van der Waals surface area contributed by atoms with Crippen molar-refractivity contribution in [2.45, 2.75) is 25.8 Å². The van der Waals surface area contributed by atoms with Crippen molar-refractivity contribution in [2.24, 2.45) is 0 Å². The van der Waals surface area contributed by atoms with Crippen LogP contribution in [0, 0.1) is 0 Å². The highest BCUT2D eigenvalue weighted by molar-refractivity contribution is 5.66. The summed E-state index contributed by atoms with van der Waals surface area (Å²) in [5, 5.41) is 8.36. The largest absolute Gasteiger partial charge is 0.481 e. The molecular formula is C8H13N2O2+. The van der Waals surface area contributed by atoms with E-state index in [1.54, 1.807) is 0 Å². The van der Waals surface area contributed by atoms with Crippen molar-refractivity contribution in [1.29, 1.82) is 0 Å². The van der Waals surface area contributed by atoms with Crippen LogP contribution in [0.15, 0.2) is 18.7 Å². The number of unbranched alkanes of at least 4 members (excludes halogenated alkanes) is 1. The van der Waals surface area contributed by atoms with Crippen LogP contribution in [0.25, 0.3) is 0 Å². The van der Waals surface area contributed by atoms with E-state index in [-0.39, 0.29) is 6.42 Å². The molecule has 1 heterocycles. The lowest BCUT2D eigenvalue weighted by atomic mass is 10.2. The molecule has 66 valence electrons. The average Bonchev–Trinajstić information content (AvgIpc) is 2.49. The molecule has 1 aromatic rings. The molecule has 0 saturated heterocycles. The second-order valence-electron chi connectivity index (χ2n) is 2.70. The molecule has 0 saturated carbocycles. The predicted molar refractivity (Wildman–Crippen MR) is 42.5 cm³/mol. The fourth-order valence-electron chi connectivity index (χ4n) is 1.03. The zero-order valence-corrected chi connectivity index (χ0v) is 6.86. The lowest BCUT2D eigenvalue weighted by Crippen LogP contribution is -2.30. The highest BCUT2D eigenvalue weighted by atomic mass is 16.4. The van der Waals surface area contributed by atoms with E-state index in [1.165, 1.54) is 0 Å². The number of aromatic nitrogens is 2. The van der Waals surface area contributed by atoms with Crippen LogP contribution >= 0.6 is 0 Å². The number of carbonyl (C=O) groups is 1. The smallest absolute Gasteiger partial charge is 0.303 e. The number of nitrogens with zero attached hydrogens (tertiary/aromatic N) is 1. The predicted octanol–water partition coefficient (Wildman–Crippen LogP) is 0.557. The van der Waals surface area contributed by atoms with E-state index in [0.29, 0.717) is 0 Å². The fraction of sp³-hybridized carbons (Fsp3) is 0.500. The third-order valence-corrected chi connectivity index (χ3v) is 1.66. The van der Waals surface area contributed by atoms with Crippen molar-refractivity contribution < 1.29 is 14.5 Å². The molecule has 1 aromatic heterocycles. The topological polar surface area (TPSA) is 57.0 Å². The van der Waals surface area contributed by atoms with Crippen LogP contribution in [0.4, 0.5) is 0 Å². The monoisotopic (exact) mass is 169 g/mol. The van der Waals surface area contributed by atoms with Gasteiger partial charge < -0.3 is 5.11 Å². The minimum atomic E-state index is -0.714. The first-order chi connectivity index (χ1) is 5.79. The summed E-state index contributed by atoms with van der Waals surface area (Å²) in [6.07, 6.45) is 7.56. The summed E-state index contributed by atoms with van der Waals surface area (Å²) in [6, 6.07) is 0. The Morgan fingerprint density at radius 3 is 2.92 bits per heavy atom. The van der Waals surface area contributed by atoms with Crippen molar-refractivity contribution in [3.8, 4) is 0 Å². The Hall–Kier alpha value is -1.32. The molecule has 2 N–H and O–H groups in total. The number of rotatable bonds is 5. The Bertz CT molecular complexity index is 231. The summed E-state index contributed by atoms with van der Waals surface area (Å²) >= 11 is 0. The second kappa shape index (κ2) is 4.54. The Labute approximate surface area is 70.9 Å². The SMILES string of the molecule is O=C(O)CCCC[n+]1cc[nH]c1. The molecule has 0 aliphatic heterocycles. The van der Waals surface area contributed by atoms with Gasteiger partial charge in [-0.25, -0.2) is 4.57 Å². The van der Waals surface area contributed by atoms with Crippen molar-refractivity contribution in [3.63, 3.8) is 0 Å². The lowest BCUT2D eigenvalue weighted by Gasteiger charge is -1.94. The molecule has 0 radical (unpaired) electrons. The van der Waals surface area contributed by atoms with Gasteiger partial charge in [-0.2, -0.15) is 0 Å². The molecule has 0 atom stereocenters. The van der Waals surface area contributed by atoms with Crippen molar-refractivity contribution in [3.05, 3.63) is 18.7 Å². The maximum absolute atomic E-state index is 10.1. The van der Waals surface area contributed by atoms with Gasteiger partial charge >= 0.3 is 5.97 Å². The molecule has 4 nitrogen and oxygen atoms in total.